The summed E-state index contributed by atoms with van der Waals surface area (Å²) in [7, 11) is -4.65. The largest absolute Gasteiger partial charge is 0.399 e. The van der Waals surface area contributed by atoms with Crippen LogP contribution in [0.5, 0.6) is 0 Å². The molecule has 112 valence electrons. The molecule has 2 aromatic rings. The van der Waals surface area contributed by atoms with E-state index < -0.39 is 38.1 Å². The molecule has 0 amide bonds. The molecule has 2 rings (SSSR count). The maximum atomic E-state index is 13.6. The van der Waals surface area contributed by atoms with Gasteiger partial charge in [-0.05, 0) is 30.3 Å². The van der Waals surface area contributed by atoms with Crippen LogP contribution < -0.4 is 10.5 Å². The predicted molar refractivity (Wildman–Crippen MR) is 75.7 cm³/mol. The first-order chi connectivity index (χ1) is 9.70. The molecule has 0 saturated carbocycles. The monoisotopic (exact) mass is 380 g/mol. The number of rotatable bonds is 3. The lowest BCUT2D eigenvalue weighted by molar-refractivity contribution is 0.522. The Hall–Kier alpha value is -1.74. The van der Waals surface area contributed by atoms with Gasteiger partial charge in [0.1, 0.15) is 17.5 Å². The van der Waals surface area contributed by atoms with Gasteiger partial charge in [0.2, 0.25) is 0 Å². The SMILES string of the molecule is Nc1cc(F)c(S(=O)(=O)Nc2cc(Br)ccc2F)c(F)c1. The van der Waals surface area contributed by atoms with Gasteiger partial charge in [-0.2, -0.15) is 0 Å². The second kappa shape index (κ2) is 5.57. The molecule has 0 fully saturated rings. The van der Waals surface area contributed by atoms with Crippen LogP contribution >= 0.6 is 15.9 Å². The average molecular weight is 381 g/mol. The van der Waals surface area contributed by atoms with E-state index in [0.29, 0.717) is 16.6 Å². The van der Waals surface area contributed by atoms with Gasteiger partial charge in [0.05, 0.1) is 5.69 Å². The molecule has 0 spiro atoms. The van der Waals surface area contributed by atoms with Crippen LogP contribution in [0.3, 0.4) is 0 Å². The van der Waals surface area contributed by atoms with E-state index in [1.54, 1.807) is 4.72 Å². The van der Waals surface area contributed by atoms with Crippen LogP contribution in [0.1, 0.15) is 0 Å². The van der Waals surface area contributed by atoms with E-state index in [1.807, 2.05) is 0 Å². The number of anilines is 2. The molecule has 0 aliphatic heterocycles. The lowest BCUT2D eigenvalue weighted by atomic mass is 10.3. The molecule has 0 unspecified atom stereocenters. The number of nitrogens with two attached hydrogens (primary N) is 1. The zero-order valence-electron chi connectivity index (χ0n) is 10.2. The van der Waals surface area contributed by atoms with Crippen molar-refractivity contribution in [2.24, 2.45) is 0 Å². The first-order valence-electron chi connectivity index (χ1n) is 5.43. The van der Waals surface area contributed by atoms with Crippen LogP contribution in [0.4, 0.5) is 24.5 Å². The third-order valence-corrected chi connectivity index (χ3v) is 4.37. The van der Waals surface area contributed by atoms with E-state index in [0.717, 1.165) is 12.1 Å². The van der Waals surface area contributed by atoms with Gasteiger partial charge in [0, 0.05) is 10.2 Å². The van der Waals surface area contributed by atoms with Gasteiger partial charge in [0.15, 0.2) is 4.90 Å². The second-order valence-electron chi connectivity index (χ2n) is 4.04. The highest BCUT2D eigenvalue weighted by Crippen LogP contribution is 2.26. The Labute approximate surface area is 127 Å². The van der Waals surface area contributed by atoms with E-state index in [4.69, 9.17) is 5.73 Å². The molecule has 0 radical (unpaired) electrons. The first-order valence-corrected chi connectivity index (χ1v) is 7.71. The Morgan fingerprint density at radius 1 is 1.00 bits per heavy atom. The van der Waals surface area contributed by atoms with Gasteiger partial charge in [-0.25, -0.2) is 21.6 Å². The van der Waals surface area contributed by atoms with Crippen molar-refractivity contribution >= 4 is 37.3 Å². The van der Waals surface area contributed by atoms with Crippen molar-refractivity contribution in [2.75, 3.05) is 10.5 Å². The normalized spacial score (nSPS) is 11.4. The quantitative estimate of drug-likeness (QED) is 0.802. The highest BCUT2D eigenvalue weighted by atomic mass is 79.9. The molecule has 0 atom stereocenters. The zero-order valence-corrected chi connectivity index (χ0v) is 12.6. The Bertz CT molecular complexity index is 789. The summed E-state index contributed by atoms with van der Waals surface area (Å²) in [6.07, 6.45) is 0. The standard InChI is InChI=1S/C12H8BrF3N2O2S/c13-6-1-2-8(14)11(3-6)18-21(19,20)12-9(15)4-7(17)5-10(12)16/h1-5,18H,17H2. The molecule has 9 heteroatoms. The topological polar surface area (TPSA) is 72.2 Å². The Balaban J connectivity index is 2.51. The number of nitrogen functional groups attached to an aromatic ring is 1. The molecular formula is C12H8BrF3N2O2S. The fraction of sp³-hybridized carbons (Fsp3) is 0. The number of benzene rings is 2. The molecule has 3 N–H and O–H groups in total. The van der Waals surface area contributed by atoms with Gasteiger partial charge >= 0.3 is 0 Å². The third kappa shape index (κ3) is 3.30. The van der Waals surface area contributed by atoms with Crippen molar-refractivity contribution < 1.29 is 21.6 Å². The van der Waals surface area contributed by atoms with Gasteiger partial charge in [0.25, 0.3) is 10.0 Å². The zero-order chi connectivity index (χ0) is 15.8. The summed E-state index contributed by atoms with van der Waals surface area (Å²) in [5.41, 5.74) is 4.50. The van der Waals surface area contributed by atoms with E-state index in [1.165, 1.54) is 6.07 Å². The van der Waals surface area contributed by atoms with E-state index in [9.17, 15) is 21.6 Å². The molecule has 0 saturated heterocycles. The van der Waals surface area contributed by atoms with Crippen molar-refractivity contribution in [2.45, 2.75) is 4.90 Å². The molecule has 0 heterocycles. The lowest BCUT2D eigenvalue weighted by Crippen LogP contribution is -2.17. The summed E-state index contributed by atoms with van der Waals surface area (Å²) < 4.78 is 67.0. The van der Waals surface area contributed by atoms with Gasteiger partial charge in [-0.3, -0.25) is 4.72 Å². The maximum absolute atomic E-state index is 13.6. The number of halogens is 4. The van der Waals surface area contributed by atoms with Crippen LogP contribution in [0.2, 0.25) is 0 Å². The first kappa shape index (κ1) is 15.6. The maximum Gasteiger partial charge on any atom is 0.267 e. The van der Waals surface area contributed by atoms with Crippen molar-refractivity contribution in [3.8, 4) is 0 Å². The van der Waals surface area contributed by atoms with Crippen LogP contribution in [0.15, 0.2) is 39.7 Å². The minimum atomic E-state index is -4.65. The molecular weight excluding hydrogens is 373 g/mol. The highest BCUT2D eigenvalue weighted by Gasteiger charge is 2.25. The van der Waals surface area contributed by atoms with Gasteiger partial charge < -0.3 is 5.73 Å². The highest BCUT2D eigenvalue weighted by molar-refractivity contribution is 9.10. The lowest BCUT2D eigenvalue weighted by Gasteiger charge is -2.11. The minimum absolute atomic E-state index is 0.266. The van der Waals surface area contributed by atoms with Gasteiger partial charge in [-0.15, -0.1) is 0 Å². The Morgan fingerprint density at radius 2 is 1.57 bits per heavy atom. The number of hydrogen-bond donors (Lipinski definition) is 2. The third-order valence-electron chi connectivity index (χ3n) is 2.46. The molecule has 0 aromatic heterocycles. The smallest absolute Gasteiger partial charge is 0.267 e. The summed E-state index contributed by atoms with van der Waals surface area (Å²) in [6, 6.07) is 4.79. The summed E-state index contributed by atoms with van der Waals surface area (Å²) in [5, 5.41) is 0. The van der Waals surface area contributed by atoms with Crippen molar-refractivity contribution in [1.29, 1.82) is 0 Å². The number of hydrogen-bond acceptors (Lipinski definition) is 3. The summed E-state index contributed by atoms with van der Waals surface area (Å²) in [4.78, 5) is -1.23. The van der Waals surface area contributed by atoms with Crippen LogP contribution in [0.25, 0.3) is 0 Å². The fourth-order valence-corrected chi connectivity index (χ4v) is 3.15. The van der Waals surface area contributed by atoms with Crippen molar-refractivity contribution in [3.05, 3.63) is 52.3 Å². The van der Waals surface area contributed by atoms with Crippen molar-refractivity contribution in [1.82, 2.24) is 0 Å². The minimum Gasteiger partial charge on any atom is -0.399 e. The fourth-order valence-electron chi connectivity index (χ4n) is 1.61. The predicted octanol–water partition coefficient (Wildman–Crippen LogP) is 3.25. The van der Waals surface area contributed by atoms with Crippen LogP contribution in [-0.2, 0) is 10.0 Å². The number of nitrogens with one attached hydrogen (secondary N) is 1. The molecule has 0 aliphatic carbocycles. The summed E-state index contributed by atoms with van der Waals surface area (Å²) in [6.45, 7) is 0. The van der Waals surface area contributed by atoms with Gasteiger partial charge in [-0.1, -0.05) is 15.9 Å². The number of sulfonamides is 1. The van der Waals surface area contributed by atoms with Crippen LogP contribution in [-0.4, -0.2) is 8.42 Å². The summed E-state index contributed by atoms with van der Waals surface area (Å²) >= 11 is 3.03. The molecule has 2 aromatic carbocycles. The van der Waals surface area contributed by atoms with Crippen LogP contribution in [0, 0.1) is 17.5 Å². The Morgan fingerprint density at radius 3 is 2.14 bits per heavy atom. The van der Waals surface area contributed by atoms with Crippen molar-refractivity contribution in [3.63, 3.8) is 0 Å². The van der Waals surface area contributed by atoms with E-state index in [-0.39, 0.29) is 5.69 Å². The Kier molecular flexibility index (Phi) is 4.15. The van der Waals surface area contributed by atoms with E-state index >= 15 is 0 Å². The molecule has 4 nitrogen and oxygen atoms in total. The summed E-state index contributed by atoms with van der Waals surface area (Å²) in [5.74, 6) is -3.62. The average Bonchev–Trinajstić information content (AvgIpc) is 2.31. The molecule has 0 aliphatic rings. The second-order valence-corrected chi connectivity index (χ2v) is 6.58. The molecule has 21 heavy (non-hydrogen) atoms. The molecule has 0 bridgehead atoms. The van der Waals surface area contributed by atoms with E-state index in [2.05, 4.69) is 15.9 Å².